The van der Waals surface area contributed by atoms with E-state index in [1.807, 2.05) is 13.0 Å². The monoisotopic (exact) mass is 453 g/mol. The number of ether oxygens (including phenoxy) is 1. The number of hydrogen-bond acceptors (Lipinski definition) is 5. The second-order valence-electron chi connectivity index (χ2n) is 6.14. The van der Waals surface area contributed by atoms with Crippen LogP contribution in [-0.4, -0.2) is 30.7 Å². The molecular weight excluding hydrogens is 433 g/mol. The van der Waals surface area contributed by atoms with Gasteiger partial charge < -0.3 is 10.1 Å². The lowest BCUT2D eigenvalue weighted by atomic mass is 10.2. The normalized spacial score (nSPS) is 12.6. The van der Waals surface area contributed by atoms with Crippen molar-refractivity contribution in [2.24, 2.45) is 0 Å². The summed E-state index contributed by atoms with van der Waals surface area (Å²) in [4.78, 5) is 25.4. The first-order valence-corrected chi connectivity index (χ1v) is 10.6. The Bertz CT molecular complexity index is 1100. The van der Waals surface area contributed by atoms with Crippen molar-refractivity contribution in [2.75, 3.05) is 20.3 Å². The fraction of sp³-hybridized carbons (Fsp3) is 0.350. The maximum atomic E-state index is 12.9. The van der Waals surface area contributed by atoms with Crippen molar-refractivity contribution < 1.29 is 9.53 Å². The van der Waals surface area contributed by atoms with E-state index in [2.05, 4.69) is 5.32 Å². The molecule has 9 heteroatoms. The number of unbranched alkanes of at least 4 members (excludes halogenated alkanes) is 1. The Kier molecular flexibility index (Phi) is 8.93. The summed E-state index contributed by atoms with van der Waals surface area (Å²) in [6.07, 6.45) is 3.39. The van der Waals surface area contributed by atoms with Crippen LogP contribution >= 0.6 is 34.5 Å². The molecule has 0 unspecified atom stereocenters. The first-order chi connectivity index (χ1) is 13.9. The summed E-state index contributed by atoms with van der Waals surface area (Å²) < 4.78 is 7.15. The van der Waals surface area contributed by atoms with Gasteiger partial charge >= 0.3 is 0 Å². The third kappa shape index (κ3) is 5.94. The van der Waals surface area contributed by atoms with E-state index in [1.165, 1.54) is 11.7 Å². The first kappa shape index (κ1) is 23.2. The fourth-order valence-electron chi connectivity index (χ4n) is 2.51. The minimum Gasteiger partial charge on any atom is -0.383 e. The van der Waals surface area contributed by atoms with Crippen LogP contribution in [0.15, 0.2) is 23.0 Å². The molecule has 0 radical (unpaired) electrons. The largest absolute Gasteiger partial charge is 0.383 e. The Labute approximate surface area is 182 Å². The van der Waals surface area contributed by atoms with Gasteiger partial charge in [-0.1, -0.05) is 42.6 Å². The molecule has 1 aromatic carbocycles. The number of nitrogens with one attached hydrogen (secondary N) is 1. The van der Waals surface area contributed by atoms with E-state index < -0.39 is 5.91 Å². The maximum Gasteiger partial charge on any atom is 0.269 e. The summed E-state index contributed by atoms with van der Waals surface area (Å²) >= 11 is 13.1. The van der Waals surface area contributed by atoms with Crippen molar-refractivity contribution in [3.63, 3.8) is 0 Å². The summed E-state index contributed by atoms with van der Waals surface area (Å²) in [7, 11) is 1.52. The molecule has 29 heavy (non-hydrogen) atoms. The molecule has 1 heterocycles. The van der Waals surface area contributed by atoms with Crippen LogP contribution in [-0.2, 0) is 16.1 Å². The van der Waals surface area contributed by atoms with Crippen LogP contribution in [0.1, 0.15) is 25.3 Å². The molecule has 1 N–H and O–H groups in total. The highest BCUT2D eigenvalue weighted by molar-refractivity contribution is 7.07. The zero-order valence-electron chi connectivity index (χ0n) is 16.1. The standard InChI is InChI=1S/C20H21Cl2N3O3S/c1-3-4-7-24-18(26)14(12-23)20-25(8-9-28-2)19(27)17(29-20)11-13-5-6-15(21)16(22)10-13/h5-6,10-11H,3-4,7-9H2,1-2H3,(H,24,26)/b17-11-,20-14-. The highest BCUT2D eigenvalue weighted by Gasteiger charge is 2.15. The number of nitrogens with zero attached hydrogens (tertiary/aromatic N) is 2. The average Bonchev–Trinajstić information content (AvgIpc) is 2.99. The van der Waals surface area contributed by atoms with Crippen LogP contribution in [0.25, 0.3) is 11.6 Å². The Hall–Kier alpha value is -2.11. The lowest BCUT2D eigenvalue weighted by molar-refractivity contribution is -0.115. The van der Waals surface area contributed by atoms with Gasteiger partial charge in [-0.15, -0.1) is 11.3 Å². The minimum atomic E-state index is -0.491. The van der Waals surface area contributed by atoms with Crippen molar-refractivity contribution in [3.8, 4) is 6.07 Å². The molecule has 1 amide bonds. The maximum absolute atomic E-state index is 12.9. The third-order valence-corrected chi connectivity index (χ3v) is 5.91. The molecule has 0 saturated heterocycles. The van der Waals surface area contributed by atoms with Gasteiger partial charge in [0.2, 0.25) is 0 Å². The van der Waals surface area contributed by atoms with E-state index in [1.54, 1.807) is 24.3 Å². The summed E-state index contributed by atoms with van der Waals surface area (Å²) in [6.45, 7) is 2.97. The Morgan fingerprint density at radius 2 is 2.14 bits per heavy atom. The average molecular weight is 454 g/mol. The minimum absolute atomic E-state index is 0.0897. The van der Waals surface area contributed by atoms with E-state index in [0.717, 1.165) is 24.2 Å². The molecule has 0 aliphatic carbocycles. The molecular formula is C20H21Cl2N3O3S. The van der Waals surface area contributed by atoms with Gasteiger partial charge in [-0.25, -0.2) is 0 Å². The predicted octanol–water partition coefficient (Wildman–Crippen LogP) is 2.28. The van der Waals surface area contributed by atoms with Crippen molar-refractivity contribution in [2.45, 2.75) is 26.3 Å². The van der Waals surface area contributed by atoms with Crippen molar-refractivity contribution in [3.05, 3.63) is 53.4 Å². The number of halogens is 2. The molecule has 1 aromatic heterocycles. The second kappa shape index (κ2) is 11.2. The van der Waals surface area contributed by atoms with Crippen LogP contribution in [0.3, 0.4) is 0 Å². The van der Waals surface area contributed by atoms with E-state index in [-0.39, 0.29) is 24.3 Å². The molecule has 0 fully saturated rings. The number of aromatic nitrogens is 1. The molecule has 0 bridgehead atoms. The van der Waals surface area contributed by atoms with Crippen molar-refractivity contribution in [1.82, 2.24) is 9.88 Å². The topological polar surface area (TPSA) is 84.1 Å². The number of carbonyl (C=O) groups is 1. The van der Waals surface area contributed by atoms with E-state index in [4.69, 9.17) is 27.9 Å². The number of benzene rings is 1. The zero-order valence-corrected chi connectivity index (χ0v) is 18.5. The van der Waals surface area contributed by atoms with Gasteiger partial charge in [0.1, 0.15) is 10.7 Å². The molecule has 154 valence electrons. The number of amides is 1. The summed E-state index contributed by atoms with van der Waals surface area (Å²) in [5.41, 5.74) is 0.296. The van der Waals surface area contributed by atoms with E-state index >= 15 is 0 Å². The van der Waals surface area contributed by atoms with Gasteiger partial charge in [-0.2, -0.15) is 5.26 Å². The summed E-state index contributed by atoms with van der Waals surface area (Å²) in [5, 5.41) is 13.1. The lowest BCUT2D eigenvalue weighted by Gasteiger charge is -2.04. The van der Waals surface area contributed by atoms with Crippen molar-refractivity contribution >= 4 is 52.1 Å². The SMILES string of the molecule is CCCCNC(=O)/C(C#N)=c1\s/c(=C\c2ccc(Cl)c(Cl)c2)c(=O)n1CCOC. The van der Waals surface area contributed by atoms with Gasteiger partial charge in [0.15, 0.2) is 5.57 Å². The van der Waals surface area contributed by atoms with E-state index in [9.17, 15) is 14.9 Å². The quantitative estimate of drug-likeness (QED) is 0.621. The van der Waals surface area contributed by atoms with Gasteiger partial charge in [-0.05, 0) is 30.2 Å². The van der Waals surface area contributed by atoms with Crippen LogP contribution in [0.2, 0.25) is 10.0 Å². The molecule has 0 atom stereocenters. The smallest absolute Gasteiger partial charge is 0.269 e. The first-order valence-electron chi connectivity index (χ1n) is 9.00. The summed E-state index contributed by atoms with van der Waals surface area (Å²) in [5.74, 6) is -0.491. The third-order valence-electron chi connectivity index (χ3n) is 4.04. The highest BCUT2D eigenvalue weighted by Crippen LogP contribution is 2.22. The van der Waals surface area contributed by atoms with Crippen LogP contribution < -0.4 is 20.1 Å². The second-order valence-corrected chi connectivity index (χ2v) is 7.98. The Morgan fingerprint density at radius 3 is 2.76 bits per heavy atom. The van der Waals surface area contributed by atoms with Gasteiger partial charge in [0, 0.05) is 13.7 Å². The number of nitriles is 1. The van der Waals surface area contributed by atoms with Gasteiger partial charge in [0.05, 0.1) is 27.7 Å². The number of rotatable bonds is 8. The summed E-state index contributed by atoms with van der Waals surface area (Å²) in [6, 6.07) is 6.97. The van der Waals surface area contributed by atoms with Crippen molar-refractivity contribution in [1.29, 1.82) is 5.26 Å². The number of carbonyl (C=O) groups excluding carboxylic acids is 1. The molecule has 0 saturated carbocycles. The van der Waals surface area contributed by atoms with Crippen LogP contribution in [0, 0.1) is 11.3 Å². The Balaban J connectivity index is 2.65. The molecule has 6 nitrogen and oxygen atoms in total. The van der Waals surface area contributed by atoms with Gasteiger partial charge in [-0.3, -0.25) is 14.2 Å². The molecule has 0 aliphatic heterocycles. The number of methoxy groups -OCH3 is 1. The number of hydrogen-bond donors (Lipinski definition) is 1. The zero-order chi connectivity index (χ0) is 21.4. The van der Waals surface area contributed by atoms with E-state index in [0.29, 0.717) is 31.3 Å². The number of thiazole rings is 1. The molecule has 0 aliphatic rings. The molecule has 0 spiro atoms. The van der Waals surface area contributed by atoms with Gasteiger partial charge in [0.25, 0.3) is 11.5 Å². The highest BCUT2D eigenvalue weighted by atomic mass is 35.5. The van der Waals surface area contributed by atoms with Crippen LogP contribution in [0.5, 0.6) is 0 Å². The molecule has 2 aromatic rings. The molecule has 2 rings (SSSR count). The van der Waals surface area contributed by atoms with Crippen LogP contribution in [0.4, 0.5) is 0 Å². The fourth-order valence-corrected chi connectivity index (χ4v) is 3.94. The Morgan fingerprint density at radius 1 is 1.38 bits per heavy atom. The lowest BCUT2D eigenvalue weighted by Crippen LogP contribution is -2.36. The predicted molar refractivity (Wildman–Crippen MR) is 117 cm³/mol.